The van der Waals surface area contributed by atoms with Crippen molar-refractivity contribution < 1.29 is 9.53 Å². The number of carbonyl (C=O) groups is 1. The molecule has 1 heterocycles. The monoisotopic (exact) mass is 228 g/mol. The van der Waals surface area contributed by atoms with E-state index in [4.69, 9.17) is 4.74 Å². The van der Waals surface area contributed by atoms with Crippen molar-refractivity contribution >= 4 is 5.91 Å². The zero-order valence-corrected chi connectivity index (χ0v) is 10.4. The van der Waals surface area contributed by atoms with Gasteiger partial charge in [0.2, 0.25) is 5.91 Å². The van der Waals surface area contributed by atoms with E-state index in [0.29, 0.717) is 12.3 Å². The number of amides is 1. The second kappa shape index (κ2) is 7.63. The number of ether oxygens (including phenoxy) is 1. The van der Waals surface area contributed by atoms with Gasteiger partial charge in [-0.15, -0.1) is 0 Å². The summed E-state index contributed by atoms with van der Waals surface area (Å²) in [4.78, 5) is 11.6. The summed E-state index contributed by atoms with van der Waals surface area (Å²) in [6.07, 6.45) is 3.66. The molecule has 1 aliphatic rings. The van der Waals surface area contributed by atoms with E-state index in [1.54, 1.807) is 0 Å². The third-order valence-corrected chi connectivity index (χ3v) is 3.19. The van der Waals surface area contributed by atoms with Crippen LogP contribution in [0.5, 0.6) is 0 Å². The van der Waals surface area contributed by atoms with Gasteiger partial charge >= 0.3 is 0 Å². The standard InChI is InChI=1S/C12H24N2O2/c1-10(11-5-8-16-9-6-11)14-12(15)4-3-7-13-2/h10-11,13H,3-9H2,1-2H3,(H,14,15). The summed E-state index contributed by atoms with van der Waals surface area (Å²) < 4.78 is 5.31. The lowest BCUT2D eigenvalue weighted by Crippen LogP contribution is -2.40. The third-order valence-electron chi connectivity index (χ3n) is 3.19. The summed E-state index contributed by atoms with van der Waals surface area (Å²) in [7, 11) is 1.91. The van der Waals surface area contributed by atoms with Gasteiger partial charge < -0.3 is 15.4 Å². The van der Waals surface area contributed by atoms with Crippen molar-refractivity contribution in [2.24, 2.45) is 5.92 Å². The van der Waals surface area contributed by atoms with Gasteiger partial charge in [0.15, 0.2) is 0 Å². The summed E-state index contributed by atoms with van der Waals surface area (Å²) >= 11 is 0. The van der Waals surface area contributed by atoms with Gasteiger partial charge in [0.05, 0.1) is 0 Å². The molecule has 4 heteroatoms. The highest BCUT2D eigenvalue weighted by molar-refractivity contribution is 5.76. The lowest BCUT2D eigenvalue weighted by atomic mass is 9.93. The molecule has 0 radical (unpaired) electrons. The number of carbonyl (C=O) groups excluding carboxylic acids is 1. The lowest BCUT2D eigenvalue weighted by Gasteiger charge is -2.28. The largest absolute Gasteiger partial charge is 0.381 e. The minimum atomic E-state index is 0.175. The Morgan fingerprint density at radius 3 is 2.75 bits per heavy atom. The van der Waals surface area contributed by atoms with Crippen LogP contribution in [-0.2, 0) is 9.53 Å². The SMILES string of the molecule is CNCCCC(=O)NC(C)C1CCOCC1. The highest BCUT2D eigenvalue weighted by Crippen LogP contribution is 2.18. The van der Waals surface area contributed by atoms with Gasteiger partial charge in [-0.05, 0) is 45.7 Å². The molecule has 0 bridgehead atoms. The van der Waals surface area contributed by atoms with Gasteiger partial charge in [-0.1, -0.05) is 0 Å². The molecule has 94 valence electrons. The fourth-order valence-corrected chi connectivity index (χ4v) is 2.09. The van der Waals surface area contributed by atoms with E-state index in [1.165, 1.54) is 0 Å². The van der Waals surface area contributed by atoms with E-state index in [2.05, 4.69) is 17.6 Å². The molecule has 2 N–H and O–H groups in total. The van der Waals surface area contributed by atoms with Crippen molar-refractivity contribution in [2.75, 3.05) is 26.8 Å². The van der Waals surface area contributed by atoms with Crippen LogP contribution >= 0.6 is 0 Å². The normalized spacial score (nSPS) is 19.4. The summed E-state index contributed by atoms with van der Waals surface area (Å²) in [5.74, 6) is 0.760. The minimum absolute atomic E-state index is 0.175. The van der Waals surface area contributed by atoms with Crippen molar-refractivity contribution in [3.8, 4) is 0 Å². The van der Waals surface area contributed by atoms with Crippen LogP contribution in [-0.4, -0.2) is 38.8 Å². The maximum absolute atomic E-state index is 11.6. The zero-order chi connectivity index (χ0) is 11.8. The second-order valence-corrected chi connectivity index (χ2v) is 4.51. The molecule has 1 amide bonds. The van der Waals surface area contributed by atoms with E-state index in [1.807, 2.05) is 7.05 Å². The Morgan fingerprint density at radius 1 is 1.44 bits per heavy atom. The molecule has 1 atom stereocenters. The quantitative estimate of drug-likeness (QED) is 0.665. The molecular formula is C12H24N2O2. The molecular weight excluding hydrogens is 204 g/mol. The molecule has 1 unspecified atom stereocenters. The summed E-state index contributed by atoms with van der Waals surface area (Å²) in [6.45, 7) is 4.68. The van der Waals surface area contributed by atoms with Crippen LogP contribution in [0.15, 0.2) is 0 Å². The second-order valence-electron chi connectivity index (χ2n) is 4.51. The van der Waals surface area contributed by atoms with Gasteiger partial charge in [0.1, 0.15) is 0 Å². The smallest absolute Gasteiger partial charge is 0.220 e. The molecule has 4 nitrogen and oxygen atoms in total. The van der Waals surface area contributed by atoms with Crippen molar-refractivity contribution in [3.05, 3.63) is 0 Å². The molecule has 0 aromatic carbocycles. The highest BCUT2D eigenvalue weighted by atomic mass is 16.5. The first-order valence-corrected chi connectivity index (χ1v) is 6.25. The molecule has 1 aliphatic heterocycles. The first-order chi connectivity index (χ1) is 7.74. The third kappa shape index (κ3) is 4.94. The highest BCUT2D eigenvalue weighted by Gasteiger charge is 2.21. The van der Waals surface area contributed by atoms with Gasteiger partial charge in [-0.3, -0.25) is 4.79 Å². The zero-order valence-electron chi connectivity index (χ0n) is 10.4. The Kier molecular flexibility index (Phi) is 6.42. The maximum Gasteiger partial charge on any atom is 0.220 e. The van der Waals surface area contributed by atoms with Crippen molar-refractivity contribution in [1.82, 2.24) is 10.6 Å². The van der Waals surface area contributed by atoms with Crippen molar-refractivity contribution in [3.63, 3.8) is 0 Å². The number of hydrogen-bond acceptors (Lipinski definition) is 3. The molecule has 0 aromatic rings. The minimum Gasteiger partial charge on any atom is -0.381 e. The molecule has 0 spiro atoms. The average Bonchev–Trinajstić information content (AvgIpc) is 2.30. The van der Waals surface area contributed by atoms with Crippen LogP contribution in [0.3, 0.4) is 0 Å². The first-order valence-electron chi connectivity index (χ1n) is 6.25. The molecule has 16 heavy (non-hydrogen) atoms. The van der Waals surface area contributed by atoms with Crippen LogP contribution < -0.4 is 10.6 Å². The molecule has 1 saturated heterocycles. The molecule has 1 rings (SSSR count). The van der Waals surface area contributed by atoms with E-state index >= 15 is 0 Å². The average molecular weight is 228 g/mol. The lowest BCUT2D eigenvalue weighted by molar-refractivity contribution is -0.122. The van der Waals surface area contributed by atoms with Crippen LogP contribution in [0.2, 0.25) is 0 Å². The fraction of sp³-hybridized carbons (Fsp3) is 0.917. The Morgan fingerprint density at radius 2 is 2.12 bits per heavy atom. The van der Waals surface area contributed by atoms with E-state index < -0.39 is 0 Å². The predicted molar refractivity (Wildman–Crippen MR) is 64.3 cm³/mol. The maximum atomic E-state index is 11.6. The Balaban J connectivity index is 2.16. The first kappa shape index (κ1) is 13.5. The molecule has 0 saturated carbocycles. The van der Waals surface area contributed by atoms with Crippen molar-refractivity contribution in [2.45, 2.75) is 38.6 Å². The Bertz CT molecular complexity index is 203. The van der Waals surface area contributed by atoms with E-state index in [9.17, 15) is 4.79 Å². The number of rotatable bonds is 6. The fourth-order valence-electron chi connectivity index (χ4n) is 2.09. The summed E-state index contributed by atoms with van der Waals surface area (Å²) in [6, 6.07) is 0.283. The van der Waals surface area contributed by atoms with Crippen LogP contribution in [0.4, 0.5) is 0 Å². The Labute approximate surface area is 98.1 Å². The van der Waals surface area contributed by atoms with Gasteiger partial charge in [-0.2, -0.15) is 0 Å². The number of nitrogens with one attached hydrogen (secondary N) is 2. The molecule has 0 aromatic heterocycles. The topological polar surface area (TPSA) is 50.4 Å². The summed E-state index contributed by atoms with van der Waals surface area (Å²) in [5.41, 5.74) is 0. The molecule has 1 fully saturated rings. The van der Waals surface area contributed by atoms with Crippen LogP contribution in [0.1, 0.15) is 32.6 Å². The number of hydrogen-bond donors (Lipinski definition) is 2. The van der Waals surface area contributed by atoms with Gasteiger partial charge in [0.25, 0.3) is 0 Å². The molecule has 0 aliphatic carbocycles. The van der Waals surface area contributed by atoms with E-state index in [0.717, 1.165) is 39.0 Å². The van der Waals surface area contributed by atoms with Crippen LogP contribution in [0, 0.1) is 5.92 Å². The summed E-state index contributed by atoms with van der Waals surface area (Å²) in [5, 5.41) is 6.13. The van der Waals surface area contributed by atoms with Gasteiger partial charge in [-0.25, -0.2) is 0 Å². The van der Waals surface area contributed by atoms with Crippen molar-refractivity contribution in [1.29, 1.82) is 0 Å². The predicted octanol–water partition coefficient (Wildman–Crippen LogP) is 0.917. The Hall–Kier alpha value is -0.610. The van der Waals surface area contributed by atoms with Crippen LogP contribution in [0.25, 0.3) is 0 Å². The van der Waals surface area contributed by atoms with E-state index in [-0.39, 0.29) is 11.9 Å². The van der Waals surface area contributed by atoms with Gasteiger partial charge in [0, 0.05) is 25.7 Å².